The van der Waals surface area contributed by atoms with E-state index in [2.05, 4.69) is 10.4 Å². The fraction of sp³-hybridized carbons (Fsp3) is 0.235. The fourth-order valence-electron chi connectivity index (χ4n) is 2.68. The number of aldehydes is 1. The summed E-state index contributed by atoms with van der Waals surface area (Å²) in [6.45, 7) is 2.09. The first kappa shape index (κ1) is 19.0. The average Bonchev–Trinajstić information content (AvgIpc) is 3.00. The minimum Gasteiger partial charge on any atom is -0.399 e. The molecule has 1 unspecified atom stereocenters. The Morgan fingerprint density at radius 2 is 1.96 bits per heavy atom. The third-order valence-corrected chi connectivity index (χ3v) is 4.46. The van der Waals surface area contributed by atoms with Gasteiger partial charge in [-0.1, -0.05) is 29.0 Å². The van der Waals surface area contributed by atoms with E-state index in [-0.39, 0.29) is 12.2 Å². The smallest absolute Gasteiger partial charge is 0.399 e. The molecule has 0 saturated heterocycles. The molecule has 0 spiro atoms. The number of halogens is 4. The maximum atomic E-state index is 13.1. The lowest BCUT2D eigenvalue weighted by molar-refractivity contribution is -0.137. The molecule has 0 amide bonds. The summed E-state index contributed by atoms with van der Waals surface area (Å²) in [6, 6.07) is 8.67. The standard InChI is InChI=1S/C17H15ClF3N5O/c1-10-6-11(2-5-15(10)22)8-25-16(9-27)26(24-23-25)12-3-4-14(18)13(7-12)17(19,20)21/h2-7,9,16H,8,22H2,1H3. The molecule has 1 aliphatic heterocycles. The molecule has 0 aliphatic carbocycles. The van der Waals surface area contributed by atoms with Gasteiger partial charge in [-0.15, -0.1) is 0 Å². The summed E-state index contributed by atoms with van der Waals surface area (Å²) < 4.78 is 39.2. The van der Waals surface area contributed by atoms with E-state index in [4.69, 9.17) is 17.3 Å². The van der Waals surface area contributed by atoms with Crippen LogP contribution < -0.4 is 10.7 Å². The van der Waals surface area contributed by atoms with Crippen molar-refractivity contribution < 1.29 is 18.0 Å². The normalized spacial score (nSPS) is 16.9. The Bertz CT molecular complexity index is 903. The number of carbonyl (C=O) groups excluding carboxylic acids is 1. The van der Waals surface area contributed by atoms with Crippen LogP contribution in [0.15, 0.2) is 46.8 Å². The highest BCUT2D eigenvalue weighted by atomic mass is 35.5. The van der Waals surface area contributed by atoms with E-state index in [0.29, 0.717) is 12.0 Å². The van der Waals surface area contributed by atoms with Gasteiger partial charge in [0.1, 0.15) is 0 Å². The number of nitrogens with two attached hydrogens (primary N) is 1. The maximum Gasteiger partial charge on any atom is 0.417 e. The van der Waals surface area contributed by atoms with Gasteiger partial charge in [0.05, 0.1) is 22.8 Å². The van der Waals surface area contributed by atoms with Gasteiger partial charge in [-0.3, -0.25) is 4.79 Å². The lowest BCUT2D eigenvalue weighted by atomic mass is 10.1. The molecule has 27 heavy (non-hydrogen) atoms. The predicted molar refractivity (Wildman–Crippen MR) is 94.8 cm³/mol. The molecule has 6 nitrogen and oxygen atoms in total. The number of hydrogen-bond donors (Lipinski definition) is 1. The third-order valence-electron chi connectivity index (χ3n) is 4.13. The average molecular weight is 398 g/mol. The number of anilines is 2. The first-order valence-electron chi connectivity index (χ1n) is 7.85. The molecule has 3 rings (SSSR count). The lowest BCUT2D eigenvalue weighted by Gasteiger charge is -2.24. The number of benzene rings is 2. The second-order valence-electron chi connectivity index (χ2n) is 6.02. The molecule has 0 bridgehead atoms. The number of hydrogen-bond acceptors (Lipinski definition) is 6. The molecule has 1 aliphatic rings. The first-order valence-corrected chi connectivity index (χ1v) is 8.23. The molecular weight excluding hydrogens is 383 g/mol. The zero-order chi connectivity index (χ0) is 19.8. The van der Waals surface area contributed by atoms with Crippen molar-refractivity contribution in [1.82, 2.24) is 5.01 Å². The van der Waals surface area contributed by atoms with E-state index in [1.165, 1.54) is 11.1 Å². The second kappa shape index (κ2) is 7.07. The second-order valence-corrected chi connectivity index (χ2v) is 6.43. The van der Waals surface area contributed by atoms with Gasteiger partial charge in [-0.25, -0.2) is 10.0 Å². The van der Waals surface area contributed by atoms with Crippen molar-refractivity contribution in [2.45, 2.75) is 25.8 Å². The van der Waals surface area contributed by atoms with Crippen LogP contribution in [0.4, 0.5) is 24.5 Å². The monoisotopic (exact) mass is 397 g/mol. The minimum absolute atomic E-state index is 0.0589. The molecule has 10 heteroatoms. The molecule has 1 heterocycles. The Labute approximate surface area is 158 Å². The summed E-state index contributed by atoms with van der Waals surface area (Å²) in [6.07, 6.45) is -5.04. The van der Waals surface area contributed by atoms with Gasteiger partial charge in [0.15, 0.2) is 12.5 Å². The van der Waals surface area contributed by atoms with Gasteiger partial charge in [0.2, 0.25) is 0 Å². The highest BCUT2D eigenvalue weighted by Crippen LogP contribution is 2.38. The summed E-state index contributed by atoms with van der Waals surface area (Å²) >= 11 is 5.64. The molecule has 0 saturated carbocycles. The molecule has 2 N–H and O–H groups in total. The highest BCUT2D eigenvalue weighted by molar-refractivity contribution is 6.31. The molecule has 142 valence electrons. The van der Waals surface area contributed by atoms with E-state index >= 15 is 0 Å². The zero-order valence-electron chi connectivity index (χ0n) is 14.1. The van der Waals surface area contributed by atoms with Crippen LogP contribution in [0.3, 0.4) is 0 Å². The summed E-state index contributed by atoms with van der Waals surface area (Å²) in [7, 11) is 0. The number of alkyl halides is 3. The Kier molecular flexibility index (Phi) is 4.97. The van der Waals surface area contributed by atoms with Gasteiger partial charge in [0.25, 0.3) is 0 Å². The molecule has 2 aromatic carbocycles. The summed E-state index contributed by atoms with van der Waals surface area (Å²) in [4.78, 5) is 11.6. The largest absolute Gasteiger partial charge is 0.417 e. The highest BCUT2D eigenvalue weighted by Gasteiger charge is 2.36. The van der Waals surface area contributed by atoms with Crippen molar-refractivity contribution in [2.24, 2.45) is 10.4 Å². The SMILES string of the molecule is Cc1cc(CN2N=NN(c3ccc(Cl)c(C(F)(F)F)c3)C2C=O)ccc1N. The predicted octanol–water partition coefficient (Wildman–Crippen LogP) is 4.38. The number of aryl methyl sites for hydroxylation is 1. The Balaban J connectivity index is 1.86. The van der Waals surface area contributed by atoms with Crippen LogP contribution in [0.1, 0.15) is 16.7 Å². The summed E-state index contributed by atoms with van der Waals surface area (Å²) in [5.74, 6) is 0. The maximum absolute atomic E-state index is 13.1. The fourth-order valence-corrected chi connectivity index (χ4v) is 2.90. The van der Waals surface area contributed by atoms with Crippen LogP contribution in [0, 0.1) is 6.92 Å². The Morgan fingerprint density at radius 3 is 2.59 bits per heavy atom. The van der Waals surface area contributed by atoms with Gasteiger partial charge in [-0.05, 0) is 47.5 Å². The van der Waals surface area contributed by atoms with E-state index in [9.17, 15) is 18.0 Å². The van der Waals surface area contributed by atoms with Gasteiger partial charge in [0, 0.05) is 5.69 Å². The molecule has 0 aromatic heterocycles. The van der Waals surface area contributed by atoms with Crippen LogP contribution in [-0.2, 0) is 17.5 Å². The molecular formula is C17H15ClF3N5O. The quantitative estimate of drug-likeness (QED) is 0.613. The number of nitrogens with zero attached hydrogens (tertiary/aromatic N) is 4. The van der Waals surface area contributed by atoms with Crippen molar-refractivity contribution in [3.8, 4) is 0 Å². The third kappa shape index (κ3) is 3.82. The van der Waals surface area contributed by atoms with Crippen molar-refractivity contribution in [3.05, 3.63) is 58.1 Å². The van der Waals surface area contributed by atoms with Crippen LogP contribution in [0.2, 0.25) is 5.02 Å². The van der Waals surface area contributed by atoms with Gasteiger partial charge >= 0.3 is 6.18 Å². The number of rotatable bonds is 4. The van der Waals surface area contributed by atoms with Crippen molar-refractivity contribution in [1.29, 1.82) is 0 Å². The minimum atomic E-state index is -4.62. The number of nitrogen functional groups attached to an aromatic ring is 1. The molecule has 0 fully saturated rings. The van der Waals surface area contributed by atoms with Crippen molar-refractivity contribution in [2.75, 3.05) is 10.7 Å². The molecule has 2 aromatic rings. The van der Waals surface area contributed by atoms with Crippen molar-refractivity contribution >= 4 is 29.3 Å². The van der Waals surface area contributed by atoms with E-state index in [0.717, 1.165) is 28.3 Å². The summed E-state index contributed by atoms with van der Waals surface area (Å²) in [5, 5.41) is 9.82. The molecule has 0 radical (unpaired) electrons. The van der Waals surface area contributed by atoms with Crippen LogP contribution in [0.5, 0.6) is 0 Å². The van der Waals surface area contributed by atoms with Gasteiger partial charge in [-0.2, -0.15) is 13.2 Å². The topological polar surface area (TPSA) is 74.3 Å². The van der Waals surface area contributed by atoms with E-state index in [1.54, 1.807) is 12.1 Å². The van der Waals surface area contributed by atoms with Gasteiger partial charge < -0.3 is 5.73 Å². The summed E-state index contributed by atoms with van der Waals surface area (Å²) in [5.41, 5.74) is 7.18. The van der Waals surface area contributed by atoms with Crippen molar-refractivity contribution in [3.63, 3.8) is 0 Å². The first-order chi connectivity index (χ1) is 12.7. The lowest BCUT2D eigenvalue weighted by Crippen LogP contribution is -2.39. The van der Waals surface area contributed by atoms with Crippen LogP contribution in [-0.4, -0.2) is 17.5 Å². The number of carbonyl (C=O) groups is 1. The molecule has 1 atom stereocenters. The van der Waals surface area contributed by atoms with Crippen LogP contribution in [0.25, 0.3) is 0 Å². The van der Waals surface area contributed by atoms with E-state index in [1.807, 2.05) is 13.0 Å². The Hall–Kier alpha value is -2.81. The van der Waals surface area contributed by atoms with Crippen LogP contribution >= 0.6 is 11.6 Å². The van der Waals surface area contributed by atoms with E-state index < -0.39 is 22.9 Å². The Morgan fingerprint density at radius 1 is 1.22 bits per heavy atom. The zero-order valence-corrected chi connectivity index (χ0v) is 14.9.